The van der Waals surface area contributed by atoms with Crippen molar-refractivity contribution in [2.75, 3.05) is 26.4 Å². The molecule has 0 saturated carbocycles. The predicted molar refractivity (Wildman–Crippen MR) is 120 cm³/mol. The summed E-state index contributed by atoms with van der Waals surface area (Å²) in [6.07, 6.45) is 2.71. The Morgan fingerprint density at radius 2 is 2.06 bits per heavy atom. The second-order valence-electron chi connectivity index (χ2n) is 8.78. The summed E-state index contributed by atoms with van der Waals surface area (Å²) in [7, 11) is 0. The molecule has 1 amide bonds. The normalized spacial score (nSPS) is 17.1. The van der Waals surface area contributed by atoms with E-state index < -0.39 is 28.4 Å². The maximum absolute atomic E-state index is 14.0. The molecule has 2 aliphatic heterocycles. The number of hydrogen-bond acceptors (Lipinski definition) is 8. The van der Waals surface area contributed by atoms with Crippen LogP contribution in [-0.2, 0) is 28.0 Å². The standard InChI is InChI=1S/C23H25FN6O5/c1-14-11-26-28-30(14)17-10-16(24)3-2-15(17)12-25-20(32)18-19(31)21(33)29-6-9-35-13-23(22(29)27-18)4-7-34-8-5-23/h2-3,10-11,31H,4-9,12-13H2,1H3,(H,25,32). The Balaban J connectivity index is 1.47. The van der Waals surface area contributed by atoms with Crippen molar-refractivity contribution in [1.82, 2.24) is 29.9 Å². The number of aromatic nitrogens is 5. The van der Waals surface area contributed by atoms with Crippen molar-refractivity contribution in [3.8, 4) is 11.4 Å². The molecule has 0 bridgehead atoms. The Morgan fingerprint density at radius 1 is 1.26 bits per heavy atom. The molecule has 1 fully saturated rings. The number of fused-ring (bicyclic) bond motifs is 2. The SMILES string of the molecule is Cc1cnnn1-c1cc(F)ccc1CNC(=O)c1nc2n(c(=O)c1O)CCOCC21CCOCC1. The molecule has 0 aliphatic carbocycles. The molecule has 1 aromatic carbocycles. The zero-order valence-electron chi connectivity index (χ0n) is 19.2. The van der Waals surface area contributed by atoms with Crippen LogP contribution in [0.4, 0.5) is 4.39 Å². The maximum atomic E-state index is 14.0. The number of aryl methyl sites for hydroxylation is 1. The van der Waals surface area contributed by atoms with Crippen LogP contribution in [0.2, 0.25) is 0 Å². The van der Waals surface area contributed by atoms with Crippen LogP contribution in [0.3, 0.4) is 0 Å². The van der Waals surface area contributed by atoms with E-state index >= 15 is 0 Å². The second kappa shape index (κ2) is 9.19. The van der Waals surface area contributed by atoms with Crippen molar-refractivity contribution in [3.63, 3.8) is 0 Å². The summed E-state index contributed by atoms with van der Waals surface area (Å²) in [6.45, 7) is 3.61. The highest BCUT2D eigenvalue weighted by Gasteiger charge is 2.41. The average Bonchev–Trinajstić information content (AvgIpc) is 3.21. The first-order chi connectivity index (χ1) is 16.9. The van der Waals surface area contributed by atoms with E-state index in [-0.39, 0.29) is 18.8 Å². The lowest BCUT2D eigenvalue weighted by molar-refractivity contribution is 0.00413. The Kier molecular flexibility index (Phi) is 6.07. The monoisotopic (exact) mass is 484 g/mol. The lowest BCUT2D eigenvalue weighted by Gasteiger charge is -2.35. The molecule has 0 atom stereocenters. The largest absolute Gasteiger partial charge is 0.501 e. The second-order valence-corrected chi connectivity index (χ2v) is 8.78. The van der Waals surface area contributed by atoms with Crippen LogP contribution in [0.15, 0.2) is 29.2 Å². The summed E-state index contributed by atoms with van der Waals surface area (Å²) >= 11 is 0. The van der Waals surface area contributed by atoms with Gasteiger partial charge in [0.25, 0.3) is 11.5 Å². The molecular formula is C23H25FN6O5. The Morgan fingerprint density at radius 3 is 2.80 bits per heavy atom. The first-order valence-electron chi connectivity index (χ1n) is 11.3. The quantitative estimate of drug-likeness (QED) is 0.560. The lowest BCUT2D eigenvalue weighted by atomic mass is 9.80. The van der Waals surface area contributed by atoms with Gasteiger partial charge in [-0.05, 0) is 37.5 Å². The maximum Gasteiger partial charge on any atom is 0.296 e. The average molecular weight is 484 g/mol. The molecule has 2 aromatic heterocycles. The molecule has 3 aromatic rings. The van der Waals surface area contributed by atoms with Crippen molar-refractivity contribution < 1.29 is 23.8 Å². The number of carbonyl (C=O) groups is 1. The molecule has 184 valence electrons. The first kappa shape index (κ1) is 23.1. The van der Waals surface area contributed by atoms with Crippen molar-refractivity contribution in [2.24, 2.45) is 0 Å². The molecular weight excluding hydrogens is 459 g/mol. The number of amides is 1. The van der Waals surface area contributed by atoms with E-state index in [1.54, 1.807) is 6.92 Å². The van der Waals surface area contributed by atoms with Gasteiger partial charge >= 0.3 is 0 Å². The van der Waals surface area contributed by atoms with E-state index in [2.05, 4.69) is 20.6 Å². The molecule has 11 nitrogen and oxygen atoms in total. The van der Waals surface area contributed by atoms with E-state index in [4.69, 9.17) is 9.47 Å². The third kappa shape index (κ3) is 4.19. The van der Waals surface area contributed by atoms with Gasteiger partial charge in [0.05, 0.1) is 42.8 Å². The zero-order valence-corrected chi connectivity index (χ0v) is 19.2. The Hall–Kier alpha value is -3.64. The zero-order chi connectivity index (χ0) is 24.6. The molecule has 0 radical (unpaired) electrons. The van der Waals surface area contributed by atoms with E-state index in [0.717, 1.165) is 0 Å². The minimum Gasteiger partial charge on any atom is -0.501 e. The van der Waals surface area contributed by atoms with Crippen LogP contribution in [-0.4, -0.2) is 62.0 Å². The summed E-state index contributed by atoms with van der Waals surface area (Å²) in [5, 5.41) is 21.1. The molecule has 5 rings (SSSR count). The minimum absolute atomic E-state index is 0.0185. The van der Waals surface area contributed by atoms with Gasteiger partial charge in [0, 0.05) is 19.8 Å². The summed E-state index contributed by atoms with van der Waals surface area (Å²) < 4.78 is 28.1. The number of nitrogens with zero attached hydrogens (tertiary/aromatic N) is 5. The van der Waals surface area contributed by atoms with Gasteiger partial charge in [0.1, 0.15) is 11.6 Å². The fraction of sp³-hybridized carbons (Fsp3) is 0.435. The van der Waals surface area contributed by atoms with Crippen molar-refractivity contribution in [1.29, 1.82) is 0 Å². The molecule has 35 heavy (non-hydrogen) atoms. The number of aromatic hydroxyl groups is 1. The first-order valence-corrected chi connectivity index (χ1v) is 11.3. The van der Waals surface area contributed by atoms with Crippen LogP contribution < -0.4 is 10.9 Å². The van der Waals surface area contributed by atoms with Gasteiger partial charge in [-0.2, -0.15) is 0 Å². The number of carbonyl (C=O) groups excluding carboxylic acids is 1. The highest BCUT2D eigenvalue weighted by Crippen LogP contribution is 2.35. The van der Waals surface area contributed by atoms with E-state index in [1.165, 1.54) is 33.6 Å². The van der Waals surface area contributed by atoms with Gasteiger partial charge in [-0.3, -0.25) is 14.2 Å². The van der Waals surface area contributed by atoms with Gasteiger partial charge in [-0.1, -0.05) is 11.3 Å². The number of hydrogen-bond donors (Lipinski definition) is 2. The molecule has 1 spiro atoms. The highest BCUT2D eigenvalue weighted by molar-refractivity contribution is 5.94. The van der Waals surface area contributed by atoms with Gasteiger partial charge < -0.3 is 19.9 Å². The fourth-order valence-electron chi connectivity index (χ4n) is 4.60. The van der Waals surface area contributed by atoms with Crippen LogP contribution >= 0.6 is 0 Å². The van der Waals surface area contributed by atoms with Gasteiger partial charge in [0.2, 0.25) is 5.75 Å². The van der Waals surface area contributed by atoms with E-state index in [0.29, 0.717) is 62.0 Å². The lowest BCUT2D eigenvalue weighted by Crippen LogP contribution is -2.43. The fourth-order valence-corrected chi connectivity index (χ4v) is 4.60. The topological polar surface area (TPSA) is 133 Å². The van der Waals surface area contributed by atoms with Crippen LogP contribution in [0.5, 0.6) is 5.75 Å². The number of nitrogens with one attached hydrogen (secondary N) is 1. The summed E-state index contributed by atoms with van der Waals surface area (Å²) in [5.74, 6) is -1.48. The Bertz CT molecular complexity index is 1330. The van der Waals surface area contributed by atoms with Crippen molar-refractivity contribution in [2.45, 2.75) is 38.3 Å². The smallest absolute Gasteiger partial charge is 0.296 e. The van der Waals surface area contributed by atoms with E-state index in [9.17, 15) is 19.1 Å². The minimum atomic E-state index is -0.721. The third-order valence-electron chi connectivity index (χ3n) is 6.56. The number of halogens is 1. The van der Waals surface area contributed by atoms with Crippen LogP contribution in [0, 0.1) is 12.7 Å². The van der Waals surface area contributed by atoms with E-state index in [1.807, 2.05) is 0 Å². The highest BCUT2D eigenvalue weighted by atomic mass is 19.1. The van der Waals surface area contributed by atoms with Gasteiger partial charge in [-0.15, -0.1) is 5.10 Å². The van der Waals surface area contributed by atoms with Gasteiger partial charge in [-0.25, -0.2) is 14.1 Å². The molecule has 0 unspecified atom stereocenters. The summed E-state index contributed by atoms with van der Waals surface area (Å²) in [5.41, 5.74) is 0.0502. The molecule has 12 heteroatoms. The molecule has 1 saturated heterocycles. The van der Waals surface area contributed by atoms with Crippen LogP contribution in [0.25, 0.3) is 5.69 Å². The Labute approximate surface area is 199 Å². The summed E-state index contributed by atoms with van der Waals surface area (Å²) in [4.78, 5) is 30.6. The molecule has 2 N–H and O–H groups in total. The molecule has 2 aliphatic rings. The number of benzene rings is 1. The number of rotatable bonds is 4. The van der Waals surface area contributed by atoms with Crippen molar-refractivity contribution in [3.05, 3.63) is 63.3 Å². The molecule has 4 heterocycles. The van der Waals surface area contributed by atoms with Gasteiger partial charge in [0.15, 0.2) is 5.69 Å². The summed E-state index contributed by atoms with van der Waals surface area (Å²) in [6, 6.07) is 4.10. The van der Waals surface area contributed by atoms with Crippen LogP contribution in [0.1, 0.15) is 40.4 Å². The third-order valence-corrected chi connectivity index (χ3v) is 6.56. The van der Waals surface area contributed by atoms with Crippen molar-refractivity contribution >= 4 is 5.91 Å². The predicted octanol–water partition coefficient (Wildman–Crippen LogP) is 0.986. The number of ether oxygens (including phenoxy) is 2.